The van der Waals surface area contributed by atoms with Crippen LogP contribution in [0.15, 0.2) is 109 Å². The lowest BCUT2D eigenvalue weighted by Crippen LogP contribution is -2.38. The van der Waals surface area contributed by atoms with Crippen molar-refractivity contribution in [2.24, 2.45) is 0 Å². The number of hydrogen-bond acceptors (Lipinski definition) is 6. The van der Waals surface area contributed by atoms with Crippen molar-refractivity contribution in [3.8, 4) is 22.5 Å². The molecule has 4 aromatic carbocycles. The van der Waals surface area contributed by atoms with Gasteiger partial charge in [-0.15, -0.1) is 0 Å². The number of nitrogens with zero attached hydrogens (tertiary/aromatic N) is 2. The third-order valence-electron chi connectivity index (χ3n) is 10.6. The number of pyridine rings is 2. The number of halogens is 6. The van der Waals surface area contributed by atoms with E-state index in [-0.39, 0.29) is 12.1 Å². The second-order valence-corrected chi connectivity index (χ2v) is 14.4. The lowest BCUT2D eigenvalue weighted by atomic mass is 9.92. The van der Waals surface area contributed by atoms with Crippen molar-refractivity contribution in [1.29, 1.82) is 0 Å². The quantitative estimate of drug-likeness (QED) is 0.126. The van der Waals surface area contributed by atoms with Crippen molar-refractivity contribution in [1.82, 2.24) is 20.6 Å². The van der Waals surface area contributed by atoms with Crippen molar-refractivity contribution < 1.29 is 36.6 Å². The molecule has 0 spiro atoms. The maximum absolute atomic E-state index is 12.9. The minimum Gasteiger partial charge on any atom is -0.387 e. The molecule has 0 saturated carbocycles. The molecule has 0 aliphatic carbocycles. The lowest BCUT2D eigenvalue weighted by Gasteiger charge is -2.29. The Kier molecular flexibility index (Phi) is 11.7. The Morgan fingerprint density at radius 2 is 0.893 bits per heavy atom. The molecule has 4 N–H and O–H groups in total. The monoisotopic (exact) mass is 772 g/mol. The fourth-order valence-corrected chi connectivity index (χ4v) is 7.58. The number of aliphatic hydroxyl groups is 2. The summed E-state index contributed by atoms with van der Waals surface area (Å²) in [6.07, 6.45) is -4.09. The molecular weight excluding hydrogens is 730 g/mol. The highest BCUT2D eigenvalue weighted by Crippen LogP contribution is 2.36. The summed E-state index contributed by atoms with van der Waals surface area (Å²) in [7, 11) is 0. The van der Waals surface area contributed by atoms with Gasteiger partial charge in [-0.1, -0.05) is 73.5 Å². The highest BCUT2D eigenvalue weighted by Gasteiger charge is 2.32. The topological polar surface area (TPSA) is 90.3 Å². The van der Waals surface area contributed by atoms with E-state index in [0.29, 0.717) is 33.5 Å². The number of aliphatic hydroxyl groups excluding tert-OH is 2. The third kappa shape index (κ3) is 8.89. The highest BCUT2D eigenvalue weighted by atomic mass is 19.4. The number of rotatable bonds is 6. The fourth-order valence-electron chi connectivity index (χ4n) is 7.58. The minimum atomic E-state index is -4.37. The van der Waals surface area contributed by atoms with E-state index >= 15 is 0 Å². The Labute approximate surface area is 320 Å². The maximum atomic E-state index is 12.9. The minimum absolute atomic E-state index is 0.0417. The SMILES string of the molecule is O[C@@H](c1cc(-c2ccc(C(F)(F)F)cc2)nc2ccccc12)[C@@H]1CCCCN1.O[C@H](c1cc(-c2ccc(C(F)(F)F)cc2)nc2ccccc12)[C@H]1CCCCN1. The number of para-hydroxylation sites is 2. The summed E-state index contributed by atoms with van der Waals surface area (Å²) in [6.45, 7) is 1.74. The number of hydrogen-bond donors (Lipinski definition) is 4. The Balaban J connectivity index is 0.000000172. The summed E-state index contributed by atoms with van der Waals surface area (Å²) in [5, 5.41) is 30.5. The van der Waals surface area contributed by atoms with Crippen LogP contribution >= 0.6 is 0 Å². The van der Waals surface area contributed by atoms with Crippen LogP contribution in [0, 0.1) is 0 Å². The predicted molar refractivity (Wildman–Crippen MR) is 206 cm³/mol. The van der Waals surface area contributed by atoms with Gasteiger partial charge < -0.3 is 20.8 Å². The molecule has 2 saturated heterocycles. The predicted octanol–water partition coefficient (Wildman–Crippen LogP) is 10.2. The molecule has 2 aromatic heterocycles. The first-order valence-corrected chi connectivity index (χ1v) is 18.8. The van der Waals surface area contributed by atoms with Gasteiger partial charge in [-0.25, -0.2) is 9.97 Å². The van der Waals surface area contributed by atoms with Crippen LogP contribution in [0.1, 0.15) is 73.0 Å². The first kappa shape index (κ1) is 39.4. The second kappa shape index (κ2) is 16.7. The summed E-state index contributed by atoms with van der Waals surface area (Å²) < 4.78 is 77.1. The van der Waals surface area contributed by atoms with Gasteiger partial charge in [-0.2, -0.15) is 26.3 Å². The Morgan fingerprint density at radius 3 is 1.23 bits per heavy atom. The van der Waals surface area contributed by atoms with Crippen LogP contribution in [-0.4, -0.2) is 45.4 Å². The lowest BCUT2D eigenvalue weighted by molar-refractivity contribution is -0.138. The average Bonchev–Trinajstić information content (AvgIpc) is 3.22. The van der Waals surface area contributed by atoms with Crippen molar-refractivity contribution in [2.75, 3.05) is 13.1 Å². The van der Waals surface area contributed by atoms with Gasteiger partial charge in [0, 0.05) is 34.0 Å². The molecule has 6 aromatic rings. The average molecular weight is 773 g/mol. The Morgan fingerprint density at radius 1 is 0.518 bits per heavy atom. The van der Waals surface area contributed by atoms with Crippen LogP contribution in [0.25, 0.3) is 44.3 Å². The van der Waals surface area contributed by atoms with E-state index in [0.717, 1.165) is 97.8 Å². The van der Waals surface area contributed by atoms with Gasteiger partial charge in [0.2, 0.25) is 0 Å². The number of nitrogens with one attached hydrogen (secondary N) is 2. The van der Waals surface area contributed by atoms with E-state index < -0.39 is 35.7 Å². The number of fused-ring (bicyclic) bond motifs is 2. The van der Waals surface area contributed by atoms with Crippen LogP contribution in [0.4, 0.5) is 26.3 Å². The molecule has 6 nitrogen and oxygen atoms in total. The summed E-state index contributed by atoms with van der Waals surface area (Å²) in [5.41, 5.74) is 3.82. The van der Waals surface area contributed by atoms with Crippen molar-refractivity contribution in [3.05, 3.63) is 131 Å². The van der Waals surface area contributed by atoms with E-state index in [1.54, 1.807) is 12.1 Å². The molecule has 8 rings (SSSR count). The van der Waals surface area contributed by atoms with Crippen LogP contribution < -0.4 is 10.6 Å². The maximum Gasteiger partial charge on any atom is 0.416 e. The molecule has 4 heterocycles. The van der Waals surface area contributed by atoms with E-state index in [4.69, 9.17) is 0 Å². The Bertz CT molecular complexity index is 2090. The van der Waals surface area contributed by atoms with Crippen LogP contribution in [0.5, 0.6) is 0 Å². The molecule has 2 aliphatic heterocycles. The molecular formula is C44H42F6N4O2. The summed E-state index contributed by atoms with van der Waals surface area (Å²) in [4.78, 5) is 9.23. The zero-order chi connectivity index (χ0) is 39.5. The number of piperidine rings is 2. The van der Waals surface area contributed by atoms with Gasteiger partial charge in [0.05, 0.1) is 45.8 Å². The molecule has 12 heteroatoms. The fraction of sp³-hybridized carbons (Fsp3) is 0.318. The summed E-state index contributed by atoms with van der Waals surface area (Å²) >= 11 is 0. The van der Waals surface area contributed by atoms with Gasteiger partial charge in [0.25, 0.3) is 0 Å². The summed E-state index contributed by atoms with van der Waals surface area (Å²) in [5.74, 6) is 0. The van der Waals surface area contributed by atoms with E-state index in [1.165, 1.54) is 24.3 Å². The molecule has 0 amide bonds. The zero-order valence-electron chi connectivity index (χ0n) is 30.4. The van der Waals surface area contributed by atoms with E-state index in [2.05, 4.69) is 20.6 Å². The third-order valence-corrected chi connectivity index (χ3v) is 10.6. The number of aromatic nitrogens is 2. The summed E-state index contributed by atoms with van der Waals surface area (Å²) in [6, 6.07) is 28.5. The largest absolute Gasteiger partial charge is 0.416 e. The zero-order valence-corrected chi connectivity index (χ0v) is 30.4. The molecule has 2 aliphatic rings. The van der Waals surface area contributed by atoms with Crippen LogP contribution in [0.3, 0.4) is 0 Å². The molecule has 56 heavy (non-hydrogen) atoms. The van der Waals surface area contributed by atoms with E-state index in [1.807, 2.05) is 48.5 Å². The van der Waals surface area contributed by atoms with E-state index in [9.17, 15) is 36.6 Å². The number of alkyl halides is 6. The van der Waals surface area contributed by atoms with Gasteiger partial charge in [0.1, 0.15) is 0 Å². The smallest absolute Gasteiger partial charge is 0.387 e. The normalized spacial score (nSPS) is 18.9. The van der Waals surface area contributed by atoms with Crippen molar-refractivity contribution in [2.45, 2.75) is 75.2 Å². The first-order valence-electron chi connectivity index (χ1n) is 18.8. The number of benzene rings is 4. The molecule has 0 unspecified atom stereocenters. The molecule has 4 atom stereocenters. The molecule has 0 radical (unpaired) electrons. The van der Waals surface area contributed by atoms with Gasteiger partial charge in [-0.3, -0.25) is 0 Å². The molecule has 2 fully saturated rings. The van der Waals surface area contributed by atoms with Crippen molar-refractivity contribution >= 4 is 21.8 Å². The van der Waals surface area contributed by atoms with Crippen molar-refractivity contribution in [3.63, 3.8) is 0 Å². The first-order chi connectivity index (χ1) is 26.9. The van der Waals surface area contributed by atoms with Crippen LogP contribution in [0.2, 0.25) is 0 Å². The molecule has 292 valence electrons. The standard InChI is InChI=1S/2C22H21F3N2O/c2*23-22(24,25)15-10-8-14(9-11-15)20-13-17(16-5-1-2-6-18(16)27-20)21(28)19-7-3-4-12-26-19/h2*1-2,5-6,8-11,13,19,21,26,28H,3-4,7,12H2/t2*19-,21-/m10/s1. The Hall–Kier alpha value is -4.88. The second-order valence-electron chi connectivity index (χ2n) is 14.4. The van der Waals surface area contributed by atoms with Gasteiger partial charge >= 0.3 is 12.4 Å². The highest BCUT2D eigenvalue weighted by molar-refractivity contribution is 5.86. The molecule has 0 bridgehead atoms. The van der Waals surface area contributed by atoms with Crippen LogP contribution in [-0.2, 0) is 12.4 Å². The van der Waals surface area contributed by atoms with Gasteiger partial charge in [-0.05, 0) is 98.4 Å². The van der Waals surface area contributed by atoms with Gasteiger partial charge in [0.15, 0.2) is 0 Å².